The minimum Gasteiger partial charge on any atom is -0.430 e. The van der Waals surface area contributed by atoms with E-state index in [0.717, 1.165) is 35.2 Å². The smallest absolute Gasteiger partial charge is 0.264 e. The molecular weight excluding hydrogens is 440 g/mol. The zero-order valence-electron chi connectivity index (χ0n) is 16.6. The molecule has 158 valence electrons. The number of sulfone groups is 1. The first-order valence-corrected chi connectivity index (χ1v) is 12.5. The zero-order chi connectivity index (χ0) is 21.7. The van der Waals surface area contributed by atoms with Gasteiger partial charge in [0.1, 0.15) is 5.69 Å². The van der Waals surface area contributed by atoms with E-state index in [9.17, 15) is 13.6 Å². The molecule has 0 aliphatic carbocycles. The van der Waals surface area contributed by atoms with Crippen molar-refractivity contribution in [3.05, 3.63) is 54.6 Å². The maximum atomic E-state index is 11.8. The second-order valence-electron chi connectivity index (χ2n) is 6.66. The van der Waals surface area contributed by atoms with Crippen molar-refractivity contribution in [3.63, 3.8) is 0 Å². The molecule has 0 aliphatic rings. The molecule has 0 saturated carbocycles. The van der Waals surface area contributed by atoms with Crippen LogP contribution in [0.1, 0.15) is 19.8 Å². The van der Waals surface area contributed by atoms with Crippen LogP contribution in [-0.4, -0.2) is 40.8 Å². The summed E-state index contributed by atoms with van der Waals surface area (Å²) in [5.74, 6) is 0.504. The lowest BCUT2D eigenvalue weighted by atomic mass is 10.1. The van der Waals surface area contributed by atoms with E-state index < -0.39 is 9.84 Å². The van der Waals surface area contributed by atoms with Crippen molar-refractivity contribution in [2.45, 2.75) is 29.9 Å². The first-order chi connectivity index (χ1) is 14.3. The molecule has 0 fully saturated rings. The number of hydrogen-bond donors (Lipinski definition) is 1. The van der Waals surface area contributed by atoms with Gasteiger partial charge >= 0.3 is 0 Å². The summed E-state index contributed by atoms with van der Waals surface area (Å²) >= 11 is 6.36. The summed E-state index contributed by atoms with van der Waals surface area (Å²) in [6.07, 6.45) is 2.92. The van der Waals surface area contributed by atoms with Crippen LogP contribution >= 0.6 is 24.0 Å². The Morgan fingerprint density at radius 3 is 2.40 bits per heavy atom. The molecule has 0 radical (unpaired) electrons. The van der Waals surface area contributed by atoms with Crippen molar-refractivity contribution in [2.24, 2.45) is 0 Å². The van der Waals surface area contributed by atoms with Crippen molar-refractivity contribution in [3.8, 4) is 22.6 Å². The van der Waals surface area contributed by atoms with Gasteiger partial charge in [-0.2, -0.15) is 0 Å². The molecule has 0 spiro atoms. The van der Waals surface area contributed by atoms with Gasteiger partial charge in [0, 0.05) is 35.7 Å². The van der Waals surface area contributed by atoms with Crippen molar-refractivity contribution >= 4 is 38.1 Å². The van der Waals surface area contributed by atoms with Crippen LogP contribution in [0.25, 0.3) is 22.6 Å². The highest BCUT2D eigenvalue weighted by Crippen LogP contribution is 2.36. The Morgan fingerprint density at radius 1 is 1.13 bits per heavy atom. The molecule has 1 N–H and O–H groups in total. The van der Waals surface area contributed by atoms with Gasteiger partial charge < -0.3 is 4.42 Å². The SMILES string of the molecule is CCCCN(O)C(=S)Sc1nc(-c2ccccc2)c(-c2ccc(S(C)(=O)=O)cc2)o1. The lowest BCUT2D eigenvalue weighted by Gasteiger charge is -2.14. The molecule has 2 aromatic carbocycles. The average Bonchev–Trinajstić information content (AvgIpc) is 3.15. The van der Waals surface area contributed by atoms with Gasteiger partial charge in [-0.25, -0.2) is 18.5 Å². The lowest BCUT2D eigenvalue weighted by Crippen LogP contribution is -2.24. The Labute approximate surface area is 185 Å². The third-order valence-corrected chi connectivity index (χ3v) is 6.63. The molecule has 0 saturated heterocycles. The number of rotatable bonds is 7. The van der Waals surface area contributed by atoms with E-state index in [0.29, 0.717) is 28.8 Å². The van der Waals surface area contributed by atoms with Gasteiger partial charge in [-0.3, -0.25) is 5.21 Å². The highest BCUT2D eigenvalue weighted by atomic mass is 32.2. The Hall–Kier alpha value is -2.20. The molecule has 0 aliphatic heterocycles. The Balaban J connectivity index is 1.96. The molecule has 3 rings (SSSR count). The Morgan fingerprint density at radius 2 is 1.80 bits per heavy atom. The van der Waals surface area contributed by atoms with Crippen LogP contribution in [0.3, 0.4) is 0 Å². The summed E-state index contributed by atoms with van der Waals surface area (Å²) in [5, 5.41) is 11.4. The summed E-state index contributed by atoms with van der Waals surface area (Å²) in [4.78, 5) is 4.81. The molecule has 0 amide bonds. The van der Waals surface area contributed by atoms with Crippen molar-refractivity contribution in [2.75, 3.05) is 12.8 Å². The van der Waals surface area contributed by atoms with Crippen LogP contribution in [0, 0.1) is 0 Å². The van der Waals surface area contributed by atoms with Crippen LogP contribution in [0.4, 0.5) is 0 Å². The first-order valence-electron chi connectivity index (χ1n) is 9.34. The number of thioether (sulfide) groups is 1. The van der Waals surface area contributed by atoms with E-state index in [-0.39, 0.29) is 9.22 Å². The predicted molar refractivity (Wildman–Crippen MR) is 122 cm³/mol. The zero-order valence-corrected chi connectivity index (χ0v) is 19.1. The van der Waals surface area contributed by atoms with Crippen LogP contribution in [0.2, 0.25) is 0 Å². The third kappa shape index (κ3) is 5.48. The van der Waals surface area contributed by atoms with Gasteiger partial charge in [0.2, 0.25) is 0 Å². The minimum absolute atomic E-state index is 0.231. The maximum Gasteiger partial charge on any atom is 0.264 e. The predicted octanol–water partition coefficient (Wildman–Crippen LogP) is 5.28. The molecule has 9 heteroatoms. The van der Waals surface area contributed by atoms with Gasteiger partial charge in [0.05, 0.1) is 4.90 Å². The van der Waals surface area contributed by atoms with Crippen molar-refractivity contribution in [1.29, 1.82) is 0 Å². The summed E-state index contributed by atoms with van der Waals surface area (Å²) < 4.78 is 29.7. The normalized spacial score (nSPS) is 11.4. The fourth-order valence-corrected chi connectivity index (χ4v) is 4.26. The van der Waals surface area contributed by atoms with E-state index in [1.165, 1.54) is 6.26 Å². The van der Waals surface area contributed by atoms with Crippen LogP contribution in [0.5, 0.6) is 0 Å². The van der Waals surface area contributed by atoms with Gasteiger partial charge in [-0.15, -0.1) is 0 Å². The Kier molecular flexibility index (Phi) is 7.30. The molecule has 0 atom stereocenters. The number of aromatic nitrogens is 1. The number of hydrogen-bond acceptors (Lipinski definition) is 7. The van der Waals surface area contributed by atoms with E-state index in [4.69, 9.17) is 16.6 Å². The van der Waals surface area contributed by atoms with E-state index in [2.05, 4.69) is 4.98 Å². The summed E-state index contributed by atoms with van der Waals surface area (Å²) in [6, 6.07) is 16.0. The minimum atomic E-state index is -3.29. The fraction of sp³-hybridized carbons (Fsp3) is 0.238. The molecule has 1 aromatic heterocycles. The number of benzene rings is 2. The lowest BCUT2D eigenvalue weighted by molar-refractivity contribution is -0.00878. The third-order valence-electron chi connectivity index (χ3n) is 4.31. The molecule has 3 aromatic rings. The quantitative estimate of drug-likeness (QED) is 0.288. The van der Waals surface area contributed by atoms with Crippen LogP contribution in [0.15, 0.2) is 69.1 Å². The van der Waals surface area contributed by atoms with E-state index in [1.807, 2.05) is 37.3 Å². The second kappa shape index (κ2) is 9.74. The second-order valence-corrected chi connectivity index (χ2v) is 10.3. The number of thiocarbonyl (C=S) groups is 1. The molecule has 6 nitrogen and oxygen atoms in total. The highest BCUT2D eigenvalue weighted by molar-refractivity contribution is 8.22. The number of unbranched alkanes of at least 4 members (excludes halogenated alkanes) is 1. The van der Waals surface area contributed by atoms with Gasteiger partial charge in [0.25, 0.3) is 5.22 Å². The Bertz CT molecular complexity index is 1110. The summed E-state index contributed by atoms with van der Waals surface area (Å²) in [7, 11) is -3.29. The van der Waals surface area contributed by atoms with Crippen molar-refractivity contribution < 1.29 is 18.0 Å². The van der Waals surface area contributed by atoms with Gasteiger partial charge in [0.15, 0.2) is 19.9 Å². The maximum absolute atomic E-state index is 11.8. The van der Waals surface area contributed by atoms with Gasteiger partial charge in [-0.1, -0.05) is 43.7 Å². The standard InChI is InChI=1S/C21H22N2O4S3/c1-3-4-14-23(24)21(28)29-20-22-18(15-8-6-5-7-9-15)19(27-20)16-10-12-17(13-11-16)30(2,25)26/h5-13,24H,3-4,14H2,1-2H3. The van der Waals surface area contributed by atoms with Crippen molar-refractivity contribution in [1.82, 2.24) is 10.0 Å². The first kappa shape index (κ1) is 22.5. The largest absolute Gasteiger partial charge is 0.430 e. The topological polar surface area (TPSA) is 83.6 Å². The molecule has 0 unspecified atom stereocenters. The molecular formula is C21H22N2O4S3. The molecule has 1 heterocycles. The summed E-state index contributed by atoms with van der Waals surface area (Å²) in [5.41, 5.74) is 2.16. The average molecular weight is 463 g/mol. The van der Waals surface area contributed by atoms with E-state index >= 15 is 0 Å². The highest BCUT2D eigenvalue weighted by Gasteiger charge is 2.20. The van der Waals surface area contributed by atoms with Gasteiger partial charge in [-0.05, 0) is 42.9 Å². The van der Waals surface area contributed by atoms with Crippen LogP contribution in [-0.2, 0) is 9.84 Å². The number of nitrogens with zero attached hydrogens (tertiary/aromatic N) is 2. The number of hydroxylamine groups is 2. The van der Waals surface area contributed by atoms with E-state index in [1.54, 1.807) is 24.3 Å². The fourth-order valence-electron chi connectivity index (χ4n) is 2.71. The molecule has 0 bridgehead atoms. The molecule has 30 heavy (non-hydrogen) atoms. The number of oxazole rings is 1. The summed E-state index contributed by atoms with van der Waals surface area (Å²) in [6.45, 7) is 2.47. The monoisotopic (exact) mass is 462 g/mol. The van der Waals surface area contributed by atoms with Crippen LogP contribution < -0.4 is 0 Å².